The van der Waals surface area contributed by atoms with E-state index in [-0.39, 0.29) is 23.8 Å². The first kappa shape index (κ1) is 21.7. The normalized spacial score (nSPS) is 20.3. The molecule has 27 heavy (non-hydrogen) atoms. The Morgan fingerprint density at radius 3 is 2.37 bits per heavy atom. The molecule has 6 nitrogen and oxygen atoms in total. The standard InChI is InChI=1S/C19H24N2O4S.ClH/c22-19(11-4-13-20-14-12-19)15-21-26(23,24)18-9-7-17(8-10-18)25-16-5-2-1-3-6-16;/h1-3,5-10,20-22H,4,11-15H2;1H. The molecule has 1 unspecified atom stereocenters. The molecule has 148 valence electrons. The second-order valence-electron chi connectivity index (χ2n) is 6.54. The lowest BCUT2D eigenvalue weighted by atomic mass is 9.95. The molecule has 0 amide bonds. The maximum Gasteiger partial charge on any atom is 0.240 e. The van der Waals surface area contributed by atoms with Crippen molar-refractivity contribution >= 4 is 22.4 Å². The minimum atomic E-state index is -3.69. The van der Waals surface area contributed by atoms with Crippen molar-refractivity contribution in [2.75, 3.05) is 19.6 Å². The van der Waals surface area contributed by atoms with Gasteiger partial charge in [-0.25, -0.2) is 13.1 Å². The van der Waals surface area contributed by atoms with E-state index in [1.807, 2.05) is 30.3 Å². The third kappa shape index (κ3) is 6.19. The molecule has 3 rings (SSSR count). The summed E-state index contributed by atoms with van der Waals surface area (Å²) >= 11 is 0. The lowest BCUT2D eigenvalue weighted by Crippen LogP contribution is -2.43. The lowest BCUT2D eigenvalue weighted by molar-refractivity contribution is 0.0335. The smallest absolute Gasteiger partial charge is 0.240 e. The van der Waals surface area contributed by atoms with Gasteiger partial charge in [0, 0.05) is 6.54 Å². The van der Waals surface area contributed by atoms with Crippen LogP contribution in [0.15, 0.2) is 59.5 Å². The van der Waals surface area contributed by atoms with Gasteiger partial charge in [-0.1, -0.05) is 18.2 Å². The van der Waals surface area contributed by atoms with Crippen LogP contribution < -0.4 is 14.8 Å². The summed E-state index contributed by atoms with van der Waals surface area (Å²) in [6, 6.07) is 15.5. The monoisotopic (exact) mass is 412 g/mol. The zero-order chi connectivity index (χ0) is 18.5. The zero-order valence-corrected chi connectivity index (χ0v) is 16.6. The largest absolute Gasteiger partial charge is 0.457 e. The van der Waals surface area contributed by atoms with E-state index in [9.17, 15) is 13.5 Å². The van der Waals surface area contributed by atoms with Gasteiger partial charge in [0.05, 0.1) is 10.5 Å². The van der Waals surface area contributed by atoms with Crippen LogP contribution in [0, 0.1) is 0 Å². The molecule has 0 bridgehead atoms. The molecule has 1 fully saturated rings. The van der Waals surface area contributed by atoms with Crippen molar-refractivity contribution in [1.29, 1.82) is 0 Å². The first-order chi connectivity index (χ1) is 12.5. The van der Waals surface area contributed by atoms with Crippen molar-refractivity contribution in [1.82, 2.24) is 10.0 Å². The van der Waals surface area contributed by atoms with Gasteiger partial charge in [0.25, 0.3) is 0 Å². The van der Waals surface area contributed by atoms with Gasteiger partial charge < -0.3 is 15.2 Å². The number of sulfonamides is 1. The number of hydrogen-bond acceptors (Lipinski definition) is 5. The highest BCUT2D eigenvalue weighted by Crippen LogP contribution is 2.23. The average molecular weight is 413 g/mol. The van der Waals surface area contributed by atoms with E-state index in [1.54, 1.807) is 12.1 Å². The van der Waals surface area contributed by atoms with Crippen LogP contribution in [0.25, 0.3) is 0 Å². The van der Waals surface area contributed by atoms with Gasteiger partial charge in [0.2, 0.25) is 10.0 Å². The van der Waals surface area contributed by atoms with Gasteiger partial charge >= 0.3 is 0 Å². The van der Waals surface area contributed by atoms with Crippen LogP contribution in [-0.4, -0.2) is 38.8 Å². The van der Waals surface area contributed by atoms with E-state index in [0.717, 1.165) is 13.0 Å². The van der Waals surface area contributed by atoms with Gasteiger partial charge in [-0.15, -0.1) is 12.4 Å². The van der Waals surface area contributed by atoms with Crippen molar-refractivity contribution in [2.45, 2.75) is 29.8 Å². The van der Waals surface area contributed by atoms with Gasteiger partial charge in [-0.05, 0) is 68.8 Å². The Kier molecular flexibility index (Phi) is 7.64. The van der Waals surface area contributed by atoms with E-state index in [2.05, 4.69) is 10.0 Å². The molecule has 2 aromatic carbocycles. The van der Waals surface area contributed by atoms with Crippen LogP contribution in [0.5, 0.6) is 11.5 Å². The molecule has 3 N–H and O–H groups in total. The molecule has 8 heteroatoms. The van der Waals surface area contributed by atoms with E-state index < -0.39 is 15.6 Å². The van der Waals surface area contributed by atoms with E-state index >= 15 is 0 Å². The molecule has 1 heterocycles. The Hall–Kier alpha value is -1.64. The molecule has 0 spiro atoms. The minimum absolute atomic E-state index is 0. The van der Waals surface area contributed by atoms with Gasteiger partial charge in [0.1, 0.15) is 11.5 Å². The highest BCUT2D eigenvalue weighted by Gasteiger charge is 2.29. The van der Waals surface area contributed by atoms with Crippen LogP contribution >= 0.6 is 12.4 Å². The maximum atomic E-state index is 12.5. The number of hydrogen-bond donors (Lipinski definition) is 3. The number of benzene rings is 2. The van der Waals surface area contributed by atoms with Crippen LogP contribution in [0.1, 0.15) is 19.3 Å². The first-order valence-electron chi connectivity index (χ1n) is 8.73. The summed E-state index contributed by atoms with van der Waals surface area (Å²) in [5, 5.41) is 13.8. The Morgan fingerprint density at radius 1 is 1.00 bits per heavy atom. The Balaban J connectivity index is 0.00000261. The van der Waals surface area contributed by atoms with Crippen molar-refractivity contribution in [3.8, 4) is 11.5 Å². The summed E-state index contributed by atoms with van der Waals surface area (Å²) in [7, 11) is -3.69. The number of aliphatic hydroxyl groups is 1. The maximum absolute atomic E-state index is 12.5. The summed E-state index contributed by atoms with van der Waals surface area (Å²) in [5.74, 6) is 1.24. The van der Waals surface area contributed by atoms with Crippen molar-refractivity contribution in [3.63, 3.8) is 0 Å². The summed E-state index contributed by atoms with van der Waals surface area (Å²) < 4.78 is 33.2. The van der Waals surface area contributed by atoms with Crippen LogP contribution in [0.2, 0.25) is 0 Å². The predicted molar refractivity (Wildman–Crippen MR) is 107 cm³/mol. The molecular weight excluding hydrogens is 388 g/mol. The number of rotatable bonds is 6. The number of halogens is 1. The molecule has 1 saturated heterocycles. The first-order valence-corrected chi connectivity index (χ1v) is 10.2. The zero-order valence-electron chi connectivity index (χ0n) is 14.9. The summed E-state index contributed by atoms with van der Waals surface area (Å²) in [4.78, 5) is 0.147. The second kappa shape index (κ2) is 9.52. The second-order valence-corrected chi connectivity index (χ2v) is 8.31. The summed E-state index contributed by atoms with van der Waals surface area (Å²) in [5.41, 5.74) is -1.01. The minimum Gasteiger partial charge on any atom is -0.457 e. The van der Waals surface area contributed by atoms with E-state index in [4.69, 9.17) is 4.74 Å². The molecule has 1 aliphatic rings. The van der Waals surface area contributed by atoms with Crippen molar-refractivity contribution in [3.05, 3.63) is 54.6 Å². The van der Waals surface area contributed by atoms with E-state index in [0.29, 0.717) is 30.9 Å². The van der Waals surface area contributed by atoms with Crippen molar-refractivity contribution in [2.24, 2.45) is 0 Å². The predicted octanol–water partition coefficient (Wildman–Crippen LogP) is 2.68. The molecule has 2 aromatic rings. The fourth-order valence-corrected chi connectivity index (χ4v) is 4.03. The molecule has 0 aliphatic carbocycles. The Labute approximate surface area is 166 Å². The molecule has 0 saturated carbocycles. The molecule has 0 aromatic heterocycles. The molecule has 0 radical (unpaired) electrons. The highest BCUT2D eigenvalue weighted by atomic mass is 35.5. The Bertz CT molecular complexity index is 805. The average Bonchev–Trinajstić information content (AvgIpc) is 2.87. The van der Waals surface area contributed by atoms with Crippen LogP contribution in [0.3, 0.4) is 0 Å². The van der Waals surface area contributed by atoms with Gasteiger partial charge in [0.15, 0.2) is 0 Å². The number of ether oxygens (including phenoxy) is 1. The quantitative estimate of drug-likeness (QED) is 0.679. The van der Waals surface area contributed by atoms with E-state index in [1.165, 1.54) is 12.1 Å². The third-order valence-corrected chi connectivity index (χ3v) is 5.88. The SMILES string of the molecule is Cl.O=S(=O)(NCC1(O)CCCNCC1)c1ccc(Oc2ccccc2)cc1. The molecular formula is C19H25ClN2O4S. The van der Waals surface area contributed by atoms with Crippen LogP contribution in [-0.2, 0) is 10.0 Å². The van der Waals surface area contributed by atoms with Crippen molar-refractivity contribution < 1.29 is 18.3 Å². The van der Waals surface area contributed by atoms with Gasteiger partial charge in [-0.3, -0.25) is 0 Å². The summed E-state index contributed by atoms with van der Waals surface area (Å²) in [6.07, 6.45) is 1.93. The van der Waals surface area contributed by atoms with Gasteiger partial charge in [-0.2, -0.15) is 0 Å². The highest BCUT2D eigenvalue weighted by molar-refractivity contribution is 7.89. The third-order valence-electron chi connectivity index (χ3n) is 4.47. The molecule has 1 aliphatic heterocycles. The fourth-order valence-electron chi connectivity index (χ4n) is 2.91. The number of nitrogens with one attached hydrogen (secondary N) is 2. The fraction of sp³-hybridized carbons (Fsp3) is 0.368. The Morgan fingerprint density at radius 2 is 1.67 bits per heavy atom. The molecule has 1 atom stereocenters. The topological polar surface area (TPSA) is 87.7 Å². The van der Waals surface area contributed by atoms with Crippen LogP contribution in [0.4, 0.5) is 0 Å². The number of para-hydroxylation sites is 1. The lowest BCUT2D eigenvalue weighted by Gasteiger charge is -2.26. The summed E-state index contributed by atoms with van der Waals surface area (Å²) in [6.45, 7) is 1.54.